The van der Waals surface area contributed by atoms with Gasteiger partial charge in [0.1, 0.15) is 5.82 Å². The standard InChI is InChI=1S/C27H28FN7O3S/c1-33(2)17-14-35(15-17)25-22(32-39(37,38)8-7-29)9-16(12-31-25)18-10-19-21(11-20(18)28)30-13-23-24(19)27(5-4-6-27)26(36)34(23)3/h9-13,17,32H,4-6,8,14-15H2,1-3H3. The zero-order valence-corrected chi connectivity index (χ0v) is 22.7. The Balaban J connectivity index is 1.47. The maximum absolute atomic E-state index is 15.5. The number of nitrogens with one attached hydrogen (secondary N) is 1. The van der Waals surface area contributed by atoms with Crippen LogP contribution in [0, 0.1) is 17.1 Å². The first kappa shape index (κ1) is 25.5. The number of amides is 1. The topological polar surface area (TPSA) is 123 Å². The minimum atomic E-state index is -3.96. The largest absolute Gasteiger partial charge is 0.352 e. The summed E-state index contributed by atoms with van der Waals surface area (Å²) in [4.78, 5) is 27.8. The summed E-state index contributed by atoms with van der Waals surface area (Å²) in [5.41, 5.74) is 2.24. The Morgan fingerprint density at radius 3 is 2.59 bits per heavy atom. The average Bonchev–Trinajstić information content (AvgIpc) is 3.05. The van der Waals surface area contributed by atoms with E-state index >= 15 is 4.39 Å². The Morgan fingerprint density at radius 2 is 1.95 bits per heavy atom. The Kier molecular flexibility index (Phi) is 5.78. The average molecular weight is 550 g/mol. The van der Waals surface area contributed by atoms with Crippen molar-refractivity contribution in [2.75, 3.05) is 54.5 Å². The molecule has 2 aliphatic heterocycles. The third-order valence-electron chi connectivity index (χ3n) is 8.29. The number of nitriles is 1. The number of fused-ring (bicyclic) bond motifs is 4. The monoisotopic (exact) mass is 549 g/mol. The summed E-state index contributed by atoms with van der Waals surface area (Å²) < 4.78 is 43.1. The summed E-state index contributed by atoms with van der Waals surface area (Å²) in [6, 6.07) is 6.55. The molecule has 3 aromatic rings. The van der Waals surface area contributed by atoms with Crippen LogP contribution in [0.2, 0.25) is 0 Å². The molecule has 3 aliphatic rings. The first-order chi connectivity index (χ1) is 18.5. The highest BCUT2D eigenvalue weighted by atomic mass is 32.2. The van der Waals surface area contributed by atoms with E-state index in [0.29, 0.717) is 41.4 Å². The summed E-state index contributed by atoms with van der Waals surface area (Å²) in [7, 11) is 1.73. The number of anilines is 3. The fraction of sp³-hybridized carbons (Fsp3) is 0.407. The van der Waals surface area contributed by atoms with Crippen LogP contribution in [-0.4, -0.2) is 75.2 Å². The number of sulfonamides is 1. The van der Waals surface area contributed by atoms with Crippen molar-refractivity contribution in [3.63, 3.8) is 0 Å². The number of hydrogen-bond donors (Lipinski definition) is 1. The molecule has 202 valence electrons. The highest BCUT2D eigenvalue weighted by Crippen LogP contribution is 2.55. The summed E-state index contributed by atoms with van der Waals surface area (Å²) in [6.07, 6.45) is 5.57. The lowest BCUT2D eigenvalue weighted by atomic mass is 9.64. The van der Waals surface area contributed by atoms with E-state index in [-0.39, 0.29) is 17.2 Å². The normalized spacial score (nSPS) is 18.3. The molecule has 12 heteroatoms. The first-order valence-electron chi connectivity index (χ1n) is 12.7. The van der Waals surface area contributed by atoms with Gasteiger partial charge in [0.2, 0.25) is 15.9 Å². The van der Waals surface area contributed by atoms with Gasteiger partial charge in [-0.2, -0.15) is 5.26 Å². The summed E-state index contributed by atoms with van der Waals surface area (Å²) >= 11 is 0. The van der Waals surface area contributed by atoms with Crippen molar-refractivity contribution in [1.82, 2.24) is 14.9 Å². The molecule has 1 aliphatic carbocycles. The van der Waals surface area contributed by atoms with Gasteiger partial charge in [-0.15, -0.1) is 0 Å². The molecule has 0 radical (unpaired) electrons. The van der Waals surface area contributed by atoms with Crippen LogP contribution >= 0.6 is 0 Å². The third kappa shape index (κ3) is 3.91. The molecule has 1 spiro atoms. The van der Waals surface area contributed by atoms with Crippen LogP contribution in [0.1, 0.15) is 24.8 Å². The van der Waals surface area contributed by atoms with Crippen molar-refractivity contribution >= 4 is 44.0 Å². The van der Waals surface area contributed by atoms with Crippen LogP contribution in [0.15, 0.2) is 30.6 Å². The molecular formula is C27H28FN7O3S. The van der Waals surface area contributed by atoms with E-state index in [9.17, 15) is 13.2 Å². The lowest BCUT2D eigenvalue weighted by molar-refractivity contribution is -0.125. The maximum atomic E-state index is 15.5. The molecule has 4 heterocycles. The molecule has 1 N–H and O–H groups in total. The molecule has 0 bridgehead atoms. The van der Waals surface area contributed by atoms with Crippen LogP contribution in [0.4, 0.5) is 21.6 Å². The van der Waals surface area contributed by atoms with Crippen molar-refractivity contribution in [3.05, 3.63) is 42.0 Å². The number of rotatable bonds is 6. The third-order valence-corrected chi connectivity index (χ3v) is 9.33. The van der Waals surface area contributed by atoms with E-state index in [0.717, 1.165) is 30.5 Å². The van der Waals surface area contributed by atoms with Gasteiger partial charge in [-0.05, 0) is 39.1 Å². The van der Waals surface area contributed by atoms with Crippen LogP contribution in [0.3, 0.4) is 0 Å². The molecule has 2 fully saturated rings. The van der Waals surface area contributed by atoms with Crippen molar-refractivity contribution in [3.8, 4) is 17.2 Å². The van der Waals surface area contributed by atoms with Crippen LogP contribution < -0.4 is 14.5 Å². The number of carbonyl (C=O) groups is 1. The van der Waals surface area contributed by atoms with E-state index in [1.807, 2.05) is 19.0 Å². The number of halogens is 1. The molecule has 39 heavy (non-hydrogen) atoms. The Hall–Kier alpha value is -3.82. The predicted molar refractivity (Wildman–Crippen MR) is 147 cm³/mol. The SMILES string of the molecule is CN1C(=O)C2(CCC2)c2c1cnc1cc(F)c(-c3cnc(N4CC(N(C)C)C4)c(NS(=O)(=O)CC#N)c3)cc21. The second-order valence-corrected chi connectivity index (χ2v) is 12.5. The van der Waals surface area contributed by atoms with Gasteiger partial charge in [0, 0.05) is 60.5 Å². The fourth-order valence-corrected chi connectivity index (χ4v) is 6.62. The lowest BCUT2D eigenvalue weighted by Crippen LogP contribution is -2.57. The second kappa shape index (κ2) is 8.86. The minimum Gasteiger partial charge on any atom is -0.352 e. The number of benzene rings is 1. The Labute approximate surface area is 226 Å². The minimum absolute atomic E-state index is 0.0368. The molecule has 0 atom stereocenters. The predicted octanol–water partition coefficient (Wildman–Crippen LogP) is 2.85. The molecule has 1 aromatic carbocycles. The van der Waals surface area contributed by atoms with E-state index in [1.54, 1.807) is 36.3 Å². The molecule has 10 nitrogen and oxygen atoms in total. The van der Waals surface area contributed by atoms with Crippen LogP contribution in [-0.2, 0) is 20.2 Å². The number of nitrogens with zero attached hydrogens (tertiary/aromatic N) is 6. The molecule has 1 saturated heterocycles. The number of pyridine rings is 2. The summed E-state index contributed by atoms with van der Waals surface area (Å²) in [6.45, 7) is 1.30. The molecule has 1 saturated carbocycles. The van der Waals surface area contributed by atoms with Crippen molar-refractivity contribution < 1.29 is 17.6 Å². The fourth-order valence-electron chi connectivity index (χ4n) is 5.89. The van der Waals surface area contributed by atoms with Gasteiger partial charge in [-0.25, -0.2) is 17.8 Å². The van der Waals surface area contributed by atoms with Gasteiger partial charge in [0.15, 0.2) is 11.6 Å². The number of likely N-dealkylation sites (N-methyl/N-ethyl adjacent to an activating group) is 2. The van der Waals surface area contributed by atoms with Crippen molar-refractivity contribution in [2.24, 2.45) is 0 Å². The van der Waals surface area contributed by atoms with Crippen LogP contribution in [0.5, 0.6) is 0 Å². The molecular weight excluding hydrogens is 521 g/mol. The van der Waals surface area contributed by atoms with E-state index < -0.39 is 27.0 Å². The Morgan fingerprint density at radius 1 is 1.21 bits per heavy atom. The molecule has 2 aromatic heterocycles. The highest BCUT2D eigenvalue weighted by molar-refractivity contribution is 7.92. The van der Waals surface area contributed by atoms with Gasteiger partial charge in [-0.3, -0.25) is 14.5 Å². The first-order valence-corrected chi connectivity index (χ1v) is 14.4. The van der Waals surface area contributed by atoms with E-state index in [4.69, 9.17) is 5.26 Å². The molecule has 6 rings (SSSR count). The van der Waals surface area contributed by atoms with Gasteiger partial charge in [0.25, 0.3) is 0 Å². The van der Waals surface area contributed by atoms with E-state index in [1.165, 1.54) is 12.3 Å². The number of hydrogen-bond acceptors (Lipinski definition) is 8. The van der Waals surface area contributed by atoms with Crippen molar-refractivity contribution in [2.45, 2.75) is 30.7 Å². The maximum Gasteiger partial charge on any atom is 0.246 e. The summed E-state index contributed by atoms with van der Waals surface area (Å²) in [5.74, 6) is -0.798. The zero-order valence-electron chi connectivity index (χ0n) is 21.9. The van der Waals surface area contributed by atoms with Gasteiger partial charge in [0.05, 0.1) is 34.6 Å². The molecule has 1 amide bonds. The van der Waals surface area contributed by atoms with Gasteiger partial charge < -0.3 is 14.7 Å². The van der Waals surface area contributed by atoms with Gasteiger partial charge in [-0.1, -0.05) is 6.42 Å². The lowest BCUT2D eigenvalue weighted by Gasteiger charge is -2.44. The summed E-state index contributed by atoms with van der Waals surface area (Å²) in [5, 5.41) is 9.68. The quantitative estimate of drug-likeness (QED) is 0.498. The van der Waals surface area contributed by atoms with Crippen LogP contribution in [0.25, 0.3) is 22.0 Å². The Bertz CT molecular complexity index is 1670. The molecule has 0 unspecified atom stereocenters. The highest BCUT2D eigenvalue weighted by Gasteiger charge is 2.54. The van der Waals surface area contributed by atoms with Gasteiger partial charge >= 0.3 is 0 Å². The number of aromatic nitrogens is 2. The second-order valence-electron chi connectivity index (χ2n) is 10.8. The van der Waals surface area contributed by atoms with Crippen molar-refractivity contribution in [1.29, 1.82) is 5.26 Å². The number of carbonyl (C=O) groups excluding carboxylic acids is 1. The van der Waals surface area contributed by atoms with E-state index in [2.05, 4.69) is 19.6 Å². The smallest absolute Gasteiger partial charge is 0.246 e. The zero-order chi connectivity index (χ0) is 27.7.